The summed E-state index contributed by atoms with van der Waals surface area (Å²) in [5, 5.41) is -0.366. The summed E-state index contributed by atoms with van der Waals surface area (Å²) in [6.07, 6.45) is -0.778. The third kappa shape index (κ3) is 2.32. The van der Waals surface area contributed by atoms with Crippen molar-refractivity contribution in [1.82, 2.24) is 9.97 Å². The van der Waals surface area contributed by atoms with Gasteiger partial charge in [0.15, 0.2) is 5.15 Å². The monoisotopic (exact) mass is 309 g/mol. The Morgan fingerprint density at radius 2 is 1.85 bits per heavy atom. The molecule has 8 heteroatoms. The van der Waals surface area contributed by atoms with Crippen molar-refractivity contribution >= 4 is 17.4 Å². The molecule has 20 heavy (non-hydrogen) atoms. The second-order valence-electron chi connectivity index (χ2n) is 5.26. The van der Waals surface area contributed by atoms with Gasteiger partial charge in [0, 0.05) is 24.9 Å². The molecular weight excluding hydrogens is 298 g/mol. The first-order valence-electron chi connectivity index (χ1n) is 6.34. The van der Waals surface area contributed by atoms with Gasteiger partial charge >= 0.3 is 0 Å². The standard InChI is InChI=1S/C12H12ClF4N3/c13-10-9(11(14)15)18-5-8(19-10)20-6-1-2-7(20)4-12(16,17)3-6/h5-7,11H,1-4H2. The Morgan fingerprint density at radius 3 is 2.35 bits per heavy atom. The molecule has 3 heterocycles. The number of aromatic nitrogens is 2. The van der Waals surface area contributed by atoms with Crippen molar-refractivity contribution in [2.75, 3.05) is 4.90 Å². The lowest BCUT2D eigenvalue weighted by atomic mass is 9.99. The van der Waals surface area contributed by atoms with Crippen molar-refractivity contribution in [1.29, 1.82) is 0 Å². The average molecular weight is 310 g/mol. The summed E-state index contributed by atoms with van der Waals surface area (Å²) in [4.78, 5) is 9.28. The van der Waals surface area contributed by atoms with Crippen molar-refractivity contribution in [3.8, 4) is 0 Å². The first-order chi connectivity index (χ1) is 9.37. The first kappa shape index (κ1) is 13.9. The molecule has 2 bridgehead atoms. The van der Waals surface area contributed by atoms with Gasteiger partial charge in [0.2, 0.25) is 0 Å². The van der Waals surface area contributed by atoms with E-state index in [1.54, 1.807) is 4.90 Å². The number of rotatable bonds is 2. The van der Waals surface area contributed by atoms with E-state index in [9.17, 15) is 17.6 Å². The molecule has 0 radical (unpaired) electrons. The highest BCUT2D eigenvalue weighted by atomic mass is 35.5. The van der Waals surface area contributed by atoms with Crippen molar-refractivity contribution in [2.24, 2.45) is 0 Å². The maximum atomic E-state index is 13.5. The summed E-state index contributed by atoms with van der Waals surface area (Å²) in [6.45, 7) is 0. The van der Waals surface area contributed by atoms with Crippen molar-refractivity contribution in [2.45, 2.75) is 50.1 Å². The number of halogens is 5. The first-order valence-corrected chi connectivity index (χ1v) is 6.72. The fraction of sp³-hybridized carbons (Fsp3) is 0.667. The highest BCUT2D eigenvalue weighted by Crippen LogP contribution is 2.45. The quantitative estimate of drug-likeness (QED) is 0.777. The van der Waals surface area contributed by atoms with Gasteiger partial charge in [-0.3, -0.25) is 0 Å². The SMILES string of the molecule is FC(F)c1ncc(N2C3CCC2CC(F)(F)C3)nc1Cl. The minimum Gasteiger partial charge on any atom is -0.349 e. The van der Waals surface area contributed by atoms with Gasteiger partial charge in [0.25, 0.3) is 12.3 Å². The lowest BCUT2D eigenvalue weighted by Gasteiger charge is -2.39. The number of hydrogen-bond donors (Lipinski definition) is 0. The molecule has 2 fully saturated rings. The van der Waals surface area contributed by atoms with E-state index in [0.717, 1.165) is 0 Å². The van der Waals surface area contributed by atoms with Gasteiger partial charge in [-0.2, -0.15) is 0 Å². The predicted molar refractivity (Wildman–Crippen MR) is 65.5 cm³/mol. The van der Waals surface area contributed by atoms with Gasteiger partial charge in [0.1, 0.15) is 11.5 Å². The Morgan fingerprint density at radius 1 is 1.25 bits per heavy atom. The minimum atomic E-state index is -2.80. The summed E-state index contributed by atoms with van der Waals surface area (Å²) < 4.78 is 52.1. The van der Waals surface area contributed by atoms with Crippen LogP contribution in [0, 0.1) is 0 Å². The highest BCUT2D eigenvalue weighted by molar-refractivity contribution is 6.30. The zero-order valence-corrected chi connectivity index (χ0v) is 11.1. The van der Waals surface area contributed by atoms with Gasteiger partial charge in [0.05, 0.1) is 6.20 Å². The van der Waals surface area contributed by atoms with Crippen LogP contribution in [0.2, 0.25) is 5.15 Å². The summed E-state index contributed by atoms with van der Waals surface area (Å²) >= 11 is 5.69. The number of anilines is 1. The number of fused-ring (bicyclic) bond motifs is 2. The van der Waals surface area contributed by atoms with Crippen LogP contribution in [0.3, 0.4) is 0 Å². The molecule has 2 saturated heterocycles. The Balaban J connectivity index is 1.89. The van der Waals surface area contributed by atoms with Crippen molar-refractivity contribution in [3.05, 3.63) is 17.0 Å². The van der Waals surface area contributed by atoms with Crippen LogP contribution in [0.25, 0.3) is 0 Å². The molecule has 110 valence electrons. The van der Waals surface area contributed by atoms with Gasteiger partial charge in [-0.15, -0.1) is 0 Å². The van der Waals surface area contributed by atoms with Gasteiger partial charge in [-0.25, -0.2) is 27.5 Å². The van der Waals surface area contributed by atoms with Crippen molar-refractivity contribution in [3.63, 3.8) is 0 Å². The maximum Gasteiger partial charge on any atom is 0.283 e. The van der Waals surface area contributed by atoms with E-state index in [1.807, 2.05) is 0 Å². The molecule has 0 spiro atoms. The normalized spacial score (nSPS) is 28.2. The summed E-state index contributed by atoms with van der Waals surface area (Å²) in [6, 6.07) is -0.655. The van der Waals surface area contributed by atoms with Gasteiger partial charge < -0.3 is 4.90 Å². The molecule has 2 aliphatic heterocycles. The Labute approximate surface area is 118 Å². The second-order valence-corrected chi connectivity index (χ2v) is 5.62. The molecule has 0 aliphatic carbocycles. The lowest BCUT2D eigenvalue weighted by Crippen LogP contribution is -2.48. The topological polar surface area (TPSA) is 29.0 Å². The third-order valence-corrected chi connectivity index (χ3v) is 4.18. The molecule has 3 nitrogen and oxygen atoms in total. The van der Waals surface area contributed by atoms with E-state index in [1.165, 1.54) is 6.20 Å². The number of alkyl halides is 4. The van der Waals surface area contributed by atoms with Crippen LogP contribution in [0.1, 0.15) is 37.8 Å². The molecule has 0 amide bonds. The van der Waals surface area contributed by atoms with E-state index < -0.39 is 18.0 Å². The van der Waals surface area contributed by atoms with Gasteiger partial charge in [-0.1, -0.05) is 11.6 Å². The largest absolute Gasteiger partial charge is 0.349 e. The summed E-state index contributed by atoms with van der Waals surface area (Å²) in [7, 11) is 0. The molecule has 0 N–H and O–H groups in total. The van der Waals surface area contributed by atoms with Crippen LogP contribution in [0.5, 0.6) is 0 Å². The molecule has 0 saturated carbocycles. The highest BCUT2D eigenvalue weighted by Gasteiger charge is 2.49. The van der Waals surface area contributed by atoms with Crippen LogP contribution in [-0.4, -0.2) is 28.0 Å². The van der Waals surface area contributed by atoms with E-state index in [4.69, 9.17) is 11.6 Å². The average Bonchev–Trinajstić information content (AvgIpc) is 2.61. The molecule has 2 atom stereocenters. The zero-order valence-electron chi connectivity index (χ0n) is 10.4. The summed E-state index contributed by atoms with van der Waals surface area (Å²) in [5.41, 5.74) is -0.579. The Bertz CT molecular complexity index is 509. The van der Waals surface area contributed by atoms with Crippen LogP contribution in [-0.2, 0) is 0 Å². The molecule has 3 rings (SSSR count). The third-order valence-electron chi connectivity index (χ3n) is 3.90. The maximum absolute atomic E-state index is 13.5. The molecule has 2 aliphatic rings. The van der Waals surface area contributed by atoms with Crippen LogP contribution < -0.4 is 4.90 Å². The van der Waals surface area contributed by atoms with Crippen LogP contribution in [0.4, 0.5) is 23.4 Å². The molecule has 0 aromatic carbocycles. The number of hydrogen-bond acceptors (Lipinski definition) is 3. The molecule has 2 unspecified atom stereocenters. The lowest BCUT2D eigenvalue weighted by molar-refractivity contribution is -0.0359. The molecular formula is C12H12ClF4N3. The zero-order chi connectivity index (χ0) is 14.5. The van der Waals surface area contributed by atoms with Crippen molar-refractivity contribution < 1.29 is 17.6 Å². The smallest absolute Gasteiger partial charge is 0.283 e. The molecule has 1 aromatic heterocycles. The molecule has 1 aromatic rings. The summed E-state index contributed by atoms with van der Waals surface area (Å²) in [5.74, 6) is -2.36. The van der Waals surface area contributed by atoms with E-state index >= 15 is 0 Å². The fourth-order valence-corrected chi connectivity index (χ4v) is 3.36. The van der Waals surface area contributed by atoms with Gasteiger partial charge in [-0.05, 0) is 12.8 Å². The van der Waals surface area contributed by atoms with E-state index in [-0.39, 0.29) is 30.1 Å². The fourth-order valence-electron chi connectivity index (χ4n) is 3.15. The number of nitrogens with zero attached hydrogens (tertiary/aromatic N) is 3. The van der Waals surface area contributed by atoms with Crippen LogP contribution >= 0.6 is 11.6 Å². The minimum absolute atomic E-state index is 0.237. The Hall–Kier alpha value is -1.11. The van der Waals surface area contributed by atoms with E-state index in [2.05, 4.69) is 9.97 Å². The predicted octanol–water partition coefficient (Wildman–Crippen LogP) is 3.83. The second kappa shape index (κ2) is 4.72. The van der Waals surface area contributed by atoms with E-state index in [0.29, 0.717) is 18.7 Å². The number of piperidine rings is 1. The Kier molecular flexibility index (Phi) is 3.27. The van der Waals surface area contributed by atoms with Crippen LogP contribution in [0.15, 0.2) is 6.20 Å².